The first-order chi connectivity index (χ1) is 28.4. The van der Waals surface area contributed by atoms with Gasteiger partial charge in [-0.15, -0.1) is 0 Å². The van der Waals surface area contributed by atoms with Crippen molar-refractivity contribution in [3.63, 3.8) is 0 Å². The molecule has 2 aromatic rings. The molecule has 24 heteroatoms. The van der Waals surface area contributed by atoms with Crippen LogP contribution in [0.1, 0.15) is 46.5 Å². The van der Waals surface area contributed by atoms with Gasteiger partial charge in [-0.2, -0.15) is 29.9 Å². The van der Waals surface area contributed by atoms with Gasteiger partial charge in [-0.3, -0.25) is 9.59 Å². The summed E-state index contributed by atoms with van der Waals surface area (Å²) in [5.74, 6) is 0.931. The number of carbonyl (C=O) groups is 2. The summed E-state index contributed by atoms with van der Waals surface area (Å²) in [5.41, 5.74) is -6.03. The molecule has 0 radical (unpaired) electrons. The molecule has 20 nitrogen and oxygen atoms in total. The van der Waals surface area contributed by atoms with Crippen LogP contribution in [0.3, 0.4) is 0 Å². The van der Waals surface area contributed by atoms with Crippen LogP contribution in [-0.2, 0) is 18.7 Å². The smallest absolute Gasteiger partial charge is 0.790 e. The number of alkyl halides is 1. The first kappa shape index (κ1) is 57.7. The van der Waals surface area contributed by atoms with Crippen LogP contribution in [0.5, 0.6) is 0 Å². The molecule has 2 aromatic heterocycles. The summed E-state index contributed by atoms with van der Waals surface area (Å²) in [6.45, 7) is 3.80. The van der Waals surface area contributed by atoms with Crippen molar-refractivity contribution in [3.8, 4) is 0 Å². The number of rotatable bonds is 10. The summed E-state index contributed by atoms with van der Waals surface area (Å²) >= 11 is 0. The van der Waals surface area contributed by atoms with Gasteiger partial charge >= 0.3 is 59.1 Å². The second-order valence-electron chi connectivity index (χ2n) is 18.1. The SMILES string of the molecule is CN(C)c1nc(N(C)C)nc(N(C)C)n1.CN(C)c1nc(N(C)C)nc(N(C)C)n1.C[C@@H]1C[C@H]2[C@@H]3CCC4=CC(=O)C=C[C@]4(C)[C@@]3(F)[C@@H](O)C[C@]2(C)[C@@]1(O)C(=O)COP(=O)([O-])[O-].[Na+].[Na+]. The van der Waals surface area contributed by atoms with Gasteiger partial charge in [0.1, 0.15) is 12.2 Å². The maximum absolute atomic E-state index is 17.0. The number of hydrogen-bond donors (Lipinski definition) is 2. The van der Waals surface area contributed by atoms with Crippen LogP contribution in [0, 0.1) is 28.6 Å². The molecule has 64 heavy (non-hydrogen) atoms. The van der Waals surface area contributed by atoms with Crippen LogP contribution >= 0.6 is 7.82 Å². The summed E-state index contributed by atoms with van der Waals surface area (Å²) in [6.07, 6.45) is 3.54. The fourth-order valence-corrected chi connectivity index (χ4v) is 9.55. The number of allylic oxidation sites excluding steroid dienone is 4. The fourth-order valence-electron chi connectivity index (χ4n) is 9.27. The number of fused-ring (bicyclic) bond motifs is 5. The van der Waals surface area contributed by atoms with Crippen molar-refractivity contribution in [1.82, 2.24) is 29.9 Å². The molecule has 0 aliphatic heterocycles. The zero-order chi connectivity index (χ0) is 47.1. The Morgan fingerprint density at radius 3 is 1.50 bits per heavy atom. The molecular formula is C40H64FN12Na2O8P. The average Bonchev–Trinajstić information content (AvgIpc) is 3.38. The maximum atomic E-state index is 17.0. The Hall–Kier alpha value is -2.40. The van der Waals surface area contributed by atoms with Gasteiger partial charge in [0.05, 0.1) is 13.9 Å². The topological polar surface area (TPSA) is 244 Å². The van der Waals surface area contributed by atoms with Gasteiger partial charge in [-0.05, 0) is 56.6 Å². The Morgan fingerprint density at radius 1 is 0.781 bits per heavy atom. The van der Waals surface area contributed by atoms with E-state index in [0.717, 1.165) is 0 Å². The van der Waals surface area contributed by atoms with E-state index in [9.17, 15) is 34.2 Å². The van der Waals surface area contributed by atoms with Crippen LogP contribution in [0.25, 0.3) is 0 Å². The van der Waals surface area contributed by atoms with E-state index in [4.69, 9.17) is 0 Å². The predicted octanol–water partition coefficient (Wildman–Crippen LogP) is -5.10. The Labute approximate surface area is 421 Å². The van der Waals surface area contributed by atoms with Crippen molar-refractivity contribution in [2.24, 2.45) is 28.6 Å². The molecular weight excluding hydrogens is 872 g/mol. The van der Waals surface area contributed by atoms with Crippen molar-refractivity contribution < 1.29 is 102 Å². The van der Waals surface area contributed by atoms with Crippen LogP contribution in [0.15, 0.2) is 23.8 Å². The van der Waals surface area contributed by atoms with Gasteiger partial charge in [0.15, 0.2) is 17.2 Å². The molecule has 0 unspecified atom stereocenters. The normalized spacial score (nSPS) is 28.7. The van der Waals surface area contributed by atoms with Gasteiger partial charge in [-0.1, -0.05) is 25.5 Å². The molecule has 3 saturated carbocycles. The Morgan fingerprint density at radius 2 is 1.16 bits per heavy atom. The van der Waals surface area contributed by atoms with E-state index in [1.807, 2.05) is 114 Å². The number of carbonyl (C=O) groups excluding carboxylic acids is 2. The number of hydrogen-bond acceptors (Lipinski definition) is 20. The third kappa shape index (κ3) is 11.5. The predicted molar refractivity (Wildman–Crippen MR) is 232 cm³/mol. The number of nitrogens with zero attached hydrogens (tertiary/aromatic N) is 12. The Balaban J connectivity index is 0.000000370. The summed E-state index contributed by atoms with van der Waals surface area (Å²) in [5, 5.41) is 22.8. The molecule has 8 atom stereocenters. The second kappa shape index (κ2) is 21.7. The van der Waals surface area contributed by atoms with E-state index in [-0.39, 0.29) is 77.7 Å². The number of ketones is 2. The molecule has 0 spiro atoms. The van der Waals surface area contributed by atoms with E-state index in [1.54, 1.807) is 20.8 Å². The largest absolute Gasteiger partial charge is 1.00 e. The standard InChI is InChI=1S/C22H30FO8P.2C9H18N6.2Na/c1-12-8-16-15-5-4-13-9-14(24)6-7-19(13,2)21(15,23)17(25)10-20(16,3)22(12,27)18(26)11-31-32(28,29)30;2*1-13(2)7-10-8(14(3)4)12-9(11-7)15(5)6;;/h6-7,9,12,15-17,25,27H,4-5,8,10-11H2,1-3H3,(H2,28,29,30);2*1-6H3;;/q;;;2*+1/p-2/t12-,15+,16+,17+,19+,20+,21+,22+;;;;/m1..../s1. The van der Waals surface area contributed by atoms with Crippen LogP contribution in [0.4, 0.5) is 40.1 Å². The van der Waals surface area contributed by atoms with Crippen molar-refractivity contribution in [3.05, 3.63) is 23.8 Å². The van der Waals surface area contributed by atoms with Crippen LogP contribution in [-0.4, -0.2) is 160 Å². The van der Waals surface area contributed by atoms with E-state index in [0.29, 0.717) is 54.1 Å². The third-order valence-corrected chi connectivity index (χ3v) is 13.0. The minimum absolute atomic E-state index is 0. The summed E-state index contributed by atoms with van der Waals surface area (Å²) < 4.78 is 32.0. The first-order valence-corrected chi connectivity index (χ1v) is 21.7. The molecule has 2 heterocycles. The molecule has 6 rings (SSSR count). The monoisotopic (exact) mass is 936 g/mol. The van der Waals surface area contributed by atoms with E-state index in [2.05, 4.69) is 34.4 Å². The van der Waals surface area contributed by atoms with Gasteiger partial charge in [-0.25, -0.2) is 4.39 Å². The molecule has 0 amide bonds. The second-order valence-corrected chi connectivity index (χ2v) is 19.3. The van der Waals surface area contributed by atoms with Crippen molar-refractivity contribution in [2.75, 3.05) is 121 Å². The minimum Gasteiger partial charge on any atom is -0.790 e. The van der Waals surface area contributed by atoms with Gasteiger partial charge < -0.3 is 58.5 Å². The zero-order valence-corrected chi connectivity index (χ0v) is 45.5. The number of Topliss-reactive ketones (excluding diaryl/α,β-unsaturated/α-hetero) is 1. The number of aliphatic hydroxyl groups excluding tert-OH is 1. The molecule has 4 aliphatic carbocycles. The van der Waals surface area contributed by atoms with Crippen molar-refractivity contribution in [2.45, 2.75) is 63.8 Å². The average molecular weight is 937 g/mol. The van der Waals surface area contributed by atoms with Gasteiger partial charge in [0, 0.05) is 101 Å². The number of aromatic nitrogens is 6. The van der Waals surface area contributed by atoms with E-state index < -0.39 is 66.2 Å². The quantitative estimate of drug-likeness (QED) is 0.167. The van der Waals surface area contributed by atoms with Crippen LogP contribution < -0.4 is 98.3 Å². The molecule has 346 valence electrons. The molecule has 4 aliphatic rings. The van der Waals surface area contributed by atoms with E-state index in [1.165, 1.54) is 18.2 Å². The van der Waals surface area contributed by atoms with Gasteiger partial charge in [0.2, 0.25) is 35.7 Å². The Bertz CT molecular complexity index is 1900. The molecule has 3 fully saturated rings. The molecule has 0 saturated heterocycles. The molecule has 2 N–H and O–H groups in total. The number of halogens is 1. The summed E-state index contributed by atoms with van der Waals surface area (Å²) in [7, 11) is 17.5. The van der Waals surface area contributed by atoms with E-state index >= 15 is 4.39 Å². The summed E-state index contributed by atoms with van der Waals surface area (Å²) in [6, 6.07) is 0. The minimum atomic E-state index is -5.43. The third-order valence-electron chi connectivity index (χ3n) is 12.6. The zero-order valence-electron chi connectivity index (χ0n) is 40.6. The number of aliphatic hydroxyl groups is 2. The van der Waals surface area contributed by atoms with Crippen LogP contribution in [0.2, 0.25) is 0 Å². The summed E-state index contributed by atoms with van der Waals surface area (Å²) in [4.78, 5) is 83.6. The molecule has 0 bridgehead atoms. The number of phosphoric acid groups is 1. The number of phosphoric ester groups is 1. The molecule has 0 aromatic carbocycles. The number of anilines is 6. The van der Waals surface area contributed by atoms with Crippen molar-refractivity contribution in [1.29, 1.82) is 0 Å². The van der Waals surface area contributed by atoms with Gasteiger partial charge in [0.25, 0.3) is 0 Å². The first-order valence-electron chi connectivity index (χ1n) is 20.2. The van der Waals surface area contributed by atoms with Crippen molar-refractivity contribution >= 4 is 55.1 Å². The Kier molecular flexibility index (Phi) is 19.6. The maximum Gasteiger partial charge on any atom is 1.00 e. The fraction of sp³-hybridized carbons (Fsp3) is 0.700.